The van der Waals surface area contributed by atoms with Crippen molar-refractivity contribution in [2.45, 2.75) is 0 Å². The van der Waals surface area contributed by atoms with Gasteiger partial charge in [-0.25, -0.2) is 0 Å². The third-order valence-electron chi connectivity index (χ3n) is 2.28. The molecule has 0 fully saturated rings. The molecule has 0 aliphatic rings. The van der Waals surface area contributed by atoms with Crippen LogP contribution in [0.5, 0.6) is 0 Å². The maximum Gasteiger partial charge on any atom is 0.255 e. The summed E-state index contributed by atoms with van der Waals surface area (Å²) in [6.07, 6.45) is 0. The third kappa shape index (κ3) is 3.46. The number of hydrogen-bond acceptors (Lipinski definition) is 1. The van der Waals surface area contributed by atoms with Gasteiger partial charge in [-0.2, -0.15) is 0 Å². The van der Waals surface area contributed by atoms with Crippen LogP contribution in [0.15, 0.2) is 46.9 Å². The van der Waals surface area contributed by atoms with Gasteiger partial charge in [0.2, 0.25) is 0 Å². The number of amides is 1. The molecule has 2 aromatic rings. The summed E-state index contributed by atoms with van der Waals surface area (Å²) < 4.78 is 1.95. The van der Waals surface area contributed by atoms with Gasteiger partial charge in [0.05, 0.1) is 10.7 Å². The van der Waals surface area contributed by atoms with Crippen LogP contribution in [-0.4, -0.2) is 5.91 Å². The summed E-state index contributed by atoms with van der Waals surface area (Å²) in [6, 6.07) is 12.7. The van der Waals surface area contributed by atoms with Gasteiger partial charge in [0.15, 0.2) is 0 Å². The molecule has 0 aliphatic heterocycles. The van der Waals surface area contributed by atoms with Crippen LogP contribution in [0, 0.1) is 3.57 Å². The Bertz CT molecular complexity index is 586. The molecule has 2 nitrogen and oxygen atoms in total. The van der Waals surface area contributed by atoms with Crippen molar-refractivity contribution in [3.05, 3.63) is 61.1 Å². The normalized spacial score (nSPS) is 10.2. The molecule has 0 atom stereocenters. The van der Waals surface area contributed by atoms with Crippen molar-refractivity contribution in [2.75, 3.05) is 5.32 Å². The smallest absolute Gasteiger partial charge is 0.255 e. The highest BCUT2D eigenvalue weighted by atomic mass is 127. The first-order valence-electron chi connectivity index (χ1n) is 5.08. The van der Waals surface area contributed by atoms with Gasteiger partial charge >= 0.3 is 0 Å². The minimum absolute atomic E-state index is 0.175. The van der Waals surface area contributed by atoms with E-state index in [1.165, 1.54) is 0 Å². The molecule has 0 bridgehead atoms. The molecular formula is C13H8BrClINO. The first kappa shape index (κ1) is 13.8. The number of carbonyl (C=O) groups is 1. The molecule has 2 rings (SSSR count). The van der Waals surface area contributed by atoms with Gasteiger partial charge in [-0.1, -0.05) is 27.5 Å². The number of rotatable bonds is 2. The van der Waals surface area contributed by atoms with Crippen LogP contribution < -0.4 is 5.32 Å². The highest BCUT2D eigenvalue weighted by Gasteiger charge is 2.08. The van der Waals surface area contributed by atoms with E-state index in [4.69, 9.17) is 11.6 Å². The zero-order chi connectivity index (χ0) is 13.1. The summed E-state index contributed by atoms with van der Waals surface area (Å²) in [5, 5.41) is 3.29. The fourth-order valence-corrected chi connectivity index (χ4v) is 2.27. The predicted molar refractivity (Wildman–Crippen MR) is 86.3 cm³/mol. The lowest BCUT2D eigenvalue weighted by Gasteiger charge is -2.07. The summed E-state index contributed by atoms with van der Waals surface area (Å²) in [7, 11) is 0. The molecule has 0 aliphatic carbocycles. The standard InChI is InChI=1S/C13H8BrClINO/c14-9-3-6-11(15)12(7-9)17-13(18)8-1-4-10(16)5-2-8/h1-7H,(H,17,18). The van der Waals surface area contributed by atoms with Crippen molar-refractivity contribution in [2.24, 2.45) is 0 Å². The van der Waals surface area contributed by atoms with Crippen LogP contribution in [0.1, 0.15) is 10.4 Å². The van der Waals surface area contributed by atoms with Crippen LogP contribution in [0.3, 0.4) is 0 Å². The highest BCUT2D eigenvalue weighted by Crippen LogP contribution is 2.26. The number of halogens is 3. The Morgan fingerprint density at radius 2 is 1.83 bits per heavy atom. The van der Waals surface area contributed by atoms with Gasteiger partial charge in [-0.3, -0.25) is 4.79 Å². The molecule has 5 heteroatoms. The van der Waals surface area contributed by atoms with Crippen LogP contribution in [0.2, 0.25) is 5.02 Å². The second kappa shape index (κ2) is 6.04. The number of anilines is 1. The molecule has 0 aromatic heterocycles. The summed E-state index contributed by atoms with van der Waals surface area (Å²) in [4.78, 5) is 12.0. The molecule has 2 aromatic carbocycles. The summed E-state index contributed by atoms with van der Waals surface area (Å²) in [5.41, 5.74) is 1.20. The van der Waals surface area contributed by atoms with Crippen molar-refractivity contribution in [3.8, 4) is 0 Å². The second-order valence-corrected chi connectivity index (χ2v) is 6.15. The lowest BCUT2D eigenvalue weighted by atomic mass is 10.2. The van der Waals surface area contributed by atoms with E-state index in [0.717, 1.165) is 8.04 Å². The SMILES string of the molecule is O=C(Nc1cc(Br)ccc1Cl)c1ccc(I)cc1. The Kier molecular flexibility index (Phi) is 4.64. The zero-order valence-electron chi connectivity index (χ0n) is 9.08. The van der Waals surface area contributed by atoms with Gasteiger partial charge in [0.25, 0.3) is 5.91 Å². The minimum Gasteiger partial charge on any atom is -0.321 e. The van der Waals surface area contributed by atoms with E-state index in [0.29, 0.717) is 16.3 Å². The van der Waals surface area contributed by atoms with E-state index in [1.807, 2.05) is 18.2 Å². The maximum atomic E-state index is 12.0. The molecule has 92 valence electrons. The van der Waals surface area contributed by atoms with Gasteiger partial charge < -0.3 is 5.32 Å². The van der Waals surface area contributed by atoms with E-state index < -0.39 is 0 Å². The topological polar surface area (TPSA) is 29.1 Å². The van der Waals surface area contributed by atoms with Crippen molar-refractivity contribution < 1.29 is 4.79 Å². The minimum atomic E-state index is -0.175. The number of hydrogen-bond donors (Lipinski definition) is 1. The largest absolute Gasteiger partial charge is 0.321 e. The second-order valence-electron chi connectivity index (χ2n) is 3.59. The van der Waals surface area contributed by atoms with Crippen molar-refractivity contribution >= 4 is 61.7 Å². The first-order chi connectivity index (χ1) is 8.56. The molecule has 0 spiro atoms. The van der Waals surface area contributed by atoms with E-state index in [2.05, 4.69) is 43.8 Å². The van der Waals surface area contributed by atoms with Crippen LogP contribution in [0.4, 0.5) is 5.69 Å². The summed E-state index contributed by atoms with van der Waals surface area (Å²) in [6.45, 7) is 0. The quantitative estimate of drug-likeness (QED) is 0.663. The molecule has 0 heterocycles. The Morgan fingerprint density at radius 1 is 1.17 bits per heavy atom. The fourth-order valence-electron chi connectivity index (χ4n) is 1.39. The lowest BCUT2D eigenvalue weighted by Crippen LogP contribution is -2.12. The van der Waals surface area contributed by atoms with Crippen molar-refractivity contribution in [1.82, 2.24) is 0 Å². The molecule has 0 unspecified atom stereocenters. The summed E-state index contributed by atoms with van der Waals surface area (Å²) in [5.74, 6) is -0.175. The van der Waals surface area contributed by atoms with Gasteiger partial charge in [-0.15, -0.1) is 0 Å². The maximum absolute atomic E-state index is 12.0. The molecule has 0 saturated carbocycles. The number of benzene rings is 2. The van der Waals surface area contributed by atoms with Gasteiger partial charge in [0, 0.05) is 13.6 Å². The van der Waals surface area contributed by atoms with E-state index in [1.54, 1.807) is 24.3 Å². The van der Waals surface area contributed by atoms with Crippen molar-refractivity contribution in [1.29, 1.82) is 0 Å². The monoisotopic (exact) mass is 435 g/mol. The van der Waals surface area contributed by atoms with Crippen LogP contribution in [0.25, 0.3) is 0 Å². The summed E-state index contributed by atoms with van der Waals surface area (Å²) >= 11 is 11.6. The molecular weight excluding hydrogens is 428 g/mol. The third-order valence-corrected chi connectivity index (χ3v) is 3.83. The molecule has 1 N–H and O–H groups in total. The first-order valence-corrected chi connectivity index (χ1v) is 7.33. The predicted octanol–water partition coefficient (Wildman–Crippen LogP) is 4.96. The molecule has 0 saturated heterocycles. The van der Waals surface area contributed by atoms with Gasteiger partial charge in [0.1, 0.15) is 0 Å². The van der Waals surface area contributed by atoms with E-state index in [-0.39, 0.29) is 5.91 Å². The molecule has 1 amide bonds. The average molecular weight is 436 g/mol. The number of nitrogens with one attached hydrogen (secondary N) is 1. The Labute approximate surface area is 132 Å². The Morgan fingerprint density at radius 3 is 2.50 bits per heavy atom. The molecule has 18 heavy (non-hydrogen) atoms. The Balaban J connectivity index is 2.21. The molecule has 0 radical (unpaired) electrons. The van der Waals surface area contributed by atoms with Crippen LogP contribution in [-0.2, 0) is 0 Å². The average Bonchev–Trinajstić information content (AvgIpc) is 2.34. The van der Waals surface area contributed by atoms with Gasteiger partial charge in [-0.05, 0) is 65.1 Å². The lowest BCUT2D eigenvalue weighted by molar-refractivity contribution is 0.102. The fraction of sp³-hybridized carbons (Fsp3) is 0. The van der Waals surface area contributed by atoms with Crippen molar-refractivity contribution in [3.63, 3.8) is 0 Å². The van der Waals surface area contributed by atoms with E-state index in [9.17, 15) is 4.79 Å². The Hall–Kier alpha value is -0.590. The van der Waals surface area contributed by atoms with E-state index >= 15 is 0 Å². The van der Waals surface area contributed by atoms with Crippen LogP contribution >= 0.6 is 50.1 Å². The number of carbonyl (C=O) groups excluding carboxylic acids is 1. The zero-order valence-corrected chi connectivity index (χ0v) is 13.6. The highest BCUT2D eigenvalue weighted by molar-refractivity contribution is 14.1.